The third-order valence-electron chi connectivity index (χ3n) is 2.71. The fourth-order valence-electron chi connectivity index (χ4n) is 1.74. The largest absolute Gasteiger partial charge is 0.310 e. The number of carbonyl (C=O) groups is 1. The lowest BCUT2D eigenvalue weighted by atomic mass is 10.2. The number of aromatic nitrogens is 1. The van der Waals surface area contributed by atoms with Gasteiger partial charge in [0.1, 0.15) is 5.82 Å². The first-order valence-electron chi connectivity index (χ1n) is 6.12. The summed E-state index contributed by atoms with van der Waals surface area (Å²) < 4.78 is 29.1. The quantitative estimate of drug-likeness (QED) is 0.801. The molecule has 20 heavy (non-hydrogen) atoms. The Morgan fingerprint density at radius 3 is 2.80 bits per heavy atom. The third kappa shape index (κ3) is 2.70. The first-order valence-corrected chi connectivity index (χ1v) is 6.93. The van der Waals surface area contributed by atoms with Crippen molar-refractivity contribution in [1.29, 1.82) is 0 Å². The van der Waals surface area contributed by atoms with E-state index in [1.807, 2.05) is 0 Å². The molecule has 0 saturated heterocycles. The van der Waals surface area contributed by atoms with Crippen molar-refractivity contribution in [2.24, 2.45) is 10.9 Å². The highest BCUT2D eigenvalue weighted by molar-refractivity contribution is 7.16. The van der Waals surface area contributed by atoms with Crippen molar-refractivity contribution in [2.45, 2.75) is 20.4 Å². The van der Waals surface area contributed by atoms with E-state index >= 15 is 0 Å². The fraction of sp³-hybridized carbons (Fsp3) is 0.286. The Kier molecular flexibility index (Phi) is 4.13. The molecule has 0 bridgehead atoms. The molecule has 1 heterocycles. The van der Waals surface area contributed by atoms with Gasteiger partial charge in [-0.05, 0) is 6.07 Å². The van der Waals surface area contributed by atoms with E-state index in [0.717, 1.165) is 17.4 Å². The number of carbonyl (C=O) groups excluding carboxylic acids is 1. The minimum absolute atomic E-state index is 0.242. The Hall–Kier alpha value is -1.82. The van der Waals surface area contributed by atoms with Gasteiger partial charge >= 0.3 is 0 Å². The van der Waals surface area contributed by atoms with Crippen molar-refractivity contribution >= 4 is 27.5 Å². The fourth-order valence-corrected chi connectivity index (χ4v) is 2.82. The summed E-state index contributed by atoms with van der Waals surface area (Å²) in [5.74, 6) is -1.87. The van der Waals surface area contributed by atoms with Gasteiger partial charge in [0.05, 0.1) is 10.2 Å². The van der Waals surface area contributed by atoms with E-state index in [1.54, 1.807) is 19.9 Å². The first kappa shape index (κ1) is 14.6. The third-order valence-corrected chi connectivity index (χ3v) is 3.73. The summed E-state index contributed by atoms with van der Waals surface area (Å²) in [6.07, 6.45) is 1.58. The van der Waals surface area contributed by atoms with Crippen LogP contribution in [0.4, 0.5) is 8.78 Å². The summed E-state index contributed by atoms with van der Waals surface area (Å²) in [6, 6.07) is 2.06. The van der Waals surface area contributed by atoms with Crippen molar-refractivity contribution in [3.8, 4) is 0 Å². The molecule has 0 aliphatic carbocycles. The molecule has 0 spiro atoms. The van der Waals surface area contributed by atoms with Gasteiger partial charge in [0.2, 0.25) is 0 Å². The topological polar surface area (TPSA) is 34.4 Å². The smallest absolute Gasteiger partial charge is 0.250 e. The molecule has 0 N–H and O–H groups in total. The number of nitrogens with zero attached hydrogens (tertiary/aromatic N) is 2. The van der Waals surface area contributed by atoms with Gasteiger partial charge in [-0.1, -0.05) is 31.3 Å². The monoisotopic (exact) mass is 296 g/mol. The lowest BCUT2D eigenvalue weighted by molar-refractivity contribution is -0.120. The Bertz CT molecular complexity index is 743. The van der Waals surface area contributed by atoms with Gasteiger partial charge in [-0.15, -0.1) is 6.58 Å². The summed E-state index contributed by atoms with van der Waals surface area (Å²) in [6.45, 7) is 7.37. The van der Waals surface area contributed by atoms with Crippen LogP contribution in [0.1, 0.15) is 13.8 Å². The van der Waals surface area contributed by atoms with Crippen LogP contribution in [-0.4, -0.2) is 10.5 Å². The van der Waals surface area contributed by atoms with Crippen LogP contribution in [0.5, 0.6) is 0 Å². The van der Waals surface area contributed by atoms with E-state index in [0.29, 0.717) is 16.0 Å². The van der Waals surface area contributed by atoms with Crippen LogP contribution < -0.4 is 4.80 Å². The number of thiazole rings is 1. The standard InChI is InChI=1S/C14H14F2N2OS/c1-4-5-18-12-10(16)6-9(15)7-11(12)20-14(18)17-13(19)8(2)3/h4,6-8H,1,5H2,2-3H3. The van der Waals surface area contributed by atoms with E-state index in [9.17, 15) is 13.6 Å². The summed E-state index contributed by atoms with van der Waals surface area (Å²) in [7, 11) is 0. The molecule has 1 amide bonds. The van der Waals surface area contributed by atoms with Gasteiger partial charge in [0.25, 0.3) is 5.91 Å². The molecular weight excluding hydrogens is 282 g/mol. The van der Waals surface area contributed by atoms with Crippen molar-refractivity contribution in [2.75, 3.05) is 0 Å². The molecule has 0 radical (unpaired) electrons. The van der Waals surface area contributed by atoms with Crippen molar-refractivity contribution in [3.05, 3.63) is 41.2 Å². The number of rotatable bonds is 3. The van der Waals surface area contributed by atoms with Gasteiger partial charge in [-0.3, -0.25) is 4.79 Å². The van der Waals surface area contributed by atoms with Gasteiger partial charge in [-0.25, -0.2) is 8.78 Å². The molecule has 1 aromatic carbocycles. The van der Waals surface area contributed by atoms with Crippen molar-refractivity contribution in [3.63, 3.8) is 0 Å². The highest BCUT2D eigenvalue weighted by Gasteiger charge is 2.13. The number of hydrogen-bond donors (Lipinski definition) is 0. The van der Waals surface area contributed by atoms with Crippen LogP contribution in [0, 0.1) is 17.6 Å². The zero-order valence-corrected chi connectivity index (χ0v) is 12.0. The van der Waals surface area contributed by atoms with Crippen LogP contribution >= 0.6 is 11.3 Å². The lowest BCUT2D eigenvalue weighted by Gasteiger charge is -2.02. The zero-order chi connectivity index (χ0) is 14.9. The maximum absolute atomic E-state index is 13.9. The van der Waals surface area contributed by atoms with Crippen LogP contribution in [-0.2, 0) is 11.3 Å². The second-order valence-electron chi connectivity index (χ2n) is 4.62. The minimum atomic E-state index is -0.670. The van der Waals surface area contributed by atoms with E-state index in [1.165, 1.54) is 10.6 Å². The van der Waals surface area contributed by atoms with E-state index < -0.39 is 11.6 Å². The number of halogens is 2. The molecule has 1 aromatic heterocycles. The number of benzene rings is 1. The summed E-state index contributed by atoms with van der Waals surface area (Å²) in [5, 5.41) is 0. The molecule has 0 aliphatic rings. The lowest BCUT2D eigenvalue weighted by Crippen LogP contribution is -2.18. The second kappa shape index (κ2) is 5.66. The Morgan fingerprint density at radius 1 is 1.50 bits per heavy atom. The van der Waals surface area contributed by atoms with E-state index in [-0.39, 0.29) is 17.3 Å². The van der Waals surface area contributed by atoms with Crippen LogP contribution in [0.2, 0.25) is 0 Å². The average molecular weight is 296 g/mol. The molecule has 106 valence electrons. The maximum atomic E-state index is 13.9. The number of allylic oxidation sites excluding steroid dienone is 1. The number of fused-ring (bicyclic) bond motifs is 1. The summed E-state index contributed by atoms with van der Waals surface area (Å²) in [4.78, 5) is 16.1. The first-order chi connectivity index (χ1) is 9.43. The maximum Gasteiger partial charge on any atom is 0.250 e. The minimum Gasteiger partial charge on any atom is -0.310 e. The highest BCUT2D eigenvalue weighted by Crippen LogP contribution is 2.22. The molecule has 0 fully saturated rings. The molecule has 0 aliphatic heterocycles. The SMILES string of the molecule is C=CCn1c(=NC(=O)C(C)C)sc2cc(F)cc(F)c21. The van der Waals surface area contributed by atoms with Gasteiger partial charge in [-0.2, -0.15) is 4.99 Å². The Morgan fingerprint density at radius 2 is 2.20 bits per heavy atom. The number of hydrogen-bond acceptors (Lipinski definition) is 2. The molecule has 6 heteroatoms. The molecule has 3 nitrogen and oxygen atoms in total. The Labute approximate surface area is 118 Å². The molecule has 0 atom stereocenters. The normalized spacial score (nSPS) is 12.3. The molecular formula is C14H14F2N2OS. The zero-order valence-electron chi connectivity index (χ0n) is 11.2. The molecule has 2 aromatic rings. The summed E-state index contributed by atoms with van der Waals surface area (Å²) >= 11 is 1.09. The molecule has 0 unspecified atom stereocenters. The van der Waals surface area contributed by atoms with E-state index in [4.69, 9.17) is 0 Å². The second-order valence-corrected chi connectivity index (χ2v) is 5.63. The average Bonchev–Trinajstić information content (AvgIpc) is 2.67. The van der Waals surface area contributed by atoms with Gasteiger partial charge < -0.3 is 4.57 Å². The highest BCUT2D eigenvalue weighted by atomic mass is 32.1. The van der Waals surface area contributed by atoms with Gasteiger partial charge in [0, 0.05) is 18.5 Å². The Balaban J connectivity index is 2.78. The summed E-state index contributed by atoms with van der Waals surface area (Å²) in [5.41, 5.74) is 0.242. The van der Waals surface area contributed by atoms with Crippen LogP contribution in [0.25, 0.3) is 10.2 Å². The number of amides is 1. The van der Waals surface area contributed by atoms with Crippen LogP contribution in [0.3, 0.4) is 0 Å². The van der Waals surface area contributed by atoms with Crippen LogP contribution in [0.15, 0.2) is 29.8 Å². The van der Waals surface area contributed by atoms with Crippen molar-refractivity contribution < 1.29 is 13.6 Å². The molecule has 2 rings (SSSR count). The predicted octanol–water partition coefficient (Wildman–Crippen LogP) is 3.25. The predicted molar refractivity (Wildman–Crippen MR) is 75.3 cm³/mol. The molecule has 0 saturated carbocycles. The van der Waals surface area contributed by atoms with E-state index in [2.05, 4.69) is 11.6 Å². The van der Waals surface area contributed by atoms with Crippen molar-refractivity contribution in [1.82, 2.24) is 4.57 Å². The van der Waals surface area contributed by atoms with Gasteiger partial charge in [0.15, 0.2) is 10.6 Å².